The van der Waals surface area contributed by atoms with Gasteiger partial charge in [0.15, 0.2) is 28.0 Å². The molecule has 9 heteroatoms. The van der Waals surface area contributed by atoms with Crippen LogP contribution in [0.4, 0.5) is 0 Å². The van der Waals surface area contributed by atoms with Gasteiger partial charge in [-0.15, -0.1) is 0 Å². The zero-order valence-electron chi connectivity index (χ0n) is 19.0. The first-order valence-corrected chi connectivity index (χ1v) is 12.0. The van der Waals surface area contributed by atoms with Crippen LogP contribution in [-0.4, -0.2) is 36.8 Å². The number of nitrogens with zero attached hydrogens (tertiary/aromatic N) is 2. The normalized spacial score (nSPS) is 11.8. The Bertz CT molecular complexity index is 1630. The summed E-state index contributed by atoms with van der Waals surface area (Å²) in [6.45, 7) is 0.535. The second kappa shape index (κ2) is 9.85. The lowest BCUT2D eigenvalue weighted by Gasteiger charge is -2.14. The number of fused-ring (bicyclic) bond motifs is 3. The Balaban J connectivity index is 1.37. The maximum absolute atomic E-state index is 13.0. The van der Waals surface area contributed by atoms with Crippen LogP contribution in [0.2, 0.25) is 5.02 Å². The van der Waals surface area contributed by atoms with Crippen LogP contribution in [0.25, 0.3) is 22.1 Å². The second-order valence-electron chi connectivity index (χ2n) is 7.52. The summed E-state index contributed by atoms with van der Waals surface area (Å²) in [6.07, 6.45) is 1.78. The summed E-state index contributed by atoms with van der Waals surface area (Å²) in [5, 5.41) is 0.368. The lowest BCUT2D eigenvalue weighted by Crippen LogP contribution is -2.22. The van der Waals surface area contributed by atoms with E-state index in [2.05, 4.69) is 4.98 Å². The van der Waals surface area contributed by atoms with Gasteiger partial charge in [-0.3, -0.25) is 4.79 Å². The number of ether oxygens (including phenoxy) is 4. The van der Waals surface area contributed by atoms with E-state index in [4.69, 9.17) is 30.5 Å². The van der Waals surface area contributed by atoms with E-state index in [1.54, 1.807) is 29.7 Å². The number of aromatic nitrogens is 2. The number of thiazole rings is 1. The number of rotatable bonds is 8. The molecule has 5 aromatic rings. The summed E-state index contributed by atoms with van der Waals surface area (Å²) in [5.74, 6) is 2.14. The van der Waals surface area contributed by atoms with Crippen molar-refractivity contribution < 1.29 is 18.9 Å². The monoisotopic (exact) mass is 508 g/mol. The average molecular weight is 509 g/mol. The lowest BCUT2D eigenvalue weighted by atomic mass is 10.2. The largest absolute Gasteiger partial charge is 0.493 e. The first kappa shape index (κ1) is 23.0. The third kappa shape index (κ3) is 4.50. The minimum atomic E-state index is -0.123. The van der Waals surface area contributed by atoms with Gasteiger partial charge < -0.3 is 18.9 Å². The van der Waals surface area contributed by atoms with Gasteiger partial charge in [0.05, 0.1) is 34.8 Å². The SMILES string of the molecule is COc1ccccc1OCCOc1c(Cl)cc(C=c2sc3nc4ccccc4n3c2=O)cc1OC. The van der Waals surface area contributed by atoms with Crippen molar-refractivity contribution in [2.24, 2.45) is 0 Å². The van der Waals surface area contributed by atoms with Crippen LogP contribution in [0.1, 0.15) is 5.56 Å². The lowest BCUT2D eigenvalue weighted by molar-refractivity contribution is 0.206. The molecule has 0 aliphatic rings. The van der Waals surface area contributed by atoms with Crippen LogP contribution >= 0.6 is 22.9 Å². The molecule has 0 aliphatic heterocycles. The molecule has 0 saturated heterocycles. The van der Waals surface area contributed by atoms with Gasteiger partial charge in [0.25, 0.3) is 5.56 Å². The van der Waals surface area contributed by atoms with Crippen LogP contribution in [0.5, 0.6) is 23.0 Å². The fourth-order valence-corrected chi connectivity index (χ4v) is 5.02. The molecule has 0 spiro atoms. The summed E-state index contributed by atoms with van der Waals surface area (Å²) in [6, 6.07) is 18.5. The van der Waals surface area contributed by atoms with Crippen LogP contribution in [0, 0.1) is 0 Å². The van der Waals surface area contributed by atoms with Crippen LogP contribution in [-0.2, 0) is 0 Å². The van der Waals surface area contributed by atoms with Crippen molar-refractivity contribution >= 4 is 45.0 Å². The number of hydrogen-bond acceptors (Lipinski definition) is 7. The first-order valence-electron chi connectivity index (χ1n) is 10.8. The molecule has 0 aliphatic carbocycles. The van der Waals surface area contributed by atoms with E-state index in [1.165, 1.54) is 18.4 Å². The fraction of sp³-hybridized carbons (Fsp3) is 0.154. The number of imidazole rings is 1. The molecule has 0 atom stereocenters. The molecule has 7 nitrogen and oxygen atoms in total. The number of benzene rings is 3. The minimum absolute atomic E-state index is 0.123. The highest BCUT2D eigenvalue weighted by molar-refractivity contribution is 7.15. The number of halogens is 1. The van der Waals surface area contributed by atoms with Crippen molar-refractivity contribution in [1.82, 2.24) is 9.38 Å². The fourth-order valence-electron chi connectivity index (χ4n) is 3.76. The van der Waals surface area contributed by atoms with Gasteiger partial charge in [0.1, 0.15) is 13.2 Å². The Morgan fingerprint density at radius 2 is 1.66 bits per heavy atom. The highest BCUT2D eigenvalue weighted by Crippen LogP contribution is 2.36. The van der Waals surface area contributed by atoms with Gasteiger partial charge in [0.2, 0.25) is 0 Å². The van der Waals surface area contributed by atoms with E-state index in [0.717, 1.165) is 16.6 Å². The molecule has 178 valence electrons. The van der Waals surface area contributed by atoms with Crippen molar-refractivity contribution in [2.45, 2.75) is 0 Å². The topological polar surface area (TPSA) is 71.3 Å². The zero-order chi connectivity index (χ0) is 24.4. The second-order valence-corrected chi connectivity index (χ2v) is 8.93. The van der Waals surface area contributed by atoms with Gasteiger partial charge in [-0.2, -0.15) is 0 Å². The molecule has 5 rings (SSSR count). The molecule has 0 unspecified atom stereocenters. The van der Waals surface area contributed by atoms with Gasteiger partial charge >= 0.3 is 0 Å². The van der Waals surface area contributed by atoms with E-state index >= 15 is 0 Å². The van der Waals surface area contributed by atoms with E-state index in [1.807, 2.05) is 48.5 Å². The molecule has 0 radical (unpaired) electrons. The standard InChI is InChI=1S/C26H21ClN2O5S/c1-31-20-9-5-6-10-21(20)33-11-12-34-24-17(27)13-16(14-22(24)32-2)15-23-25(30)29-19-8-4-3-7-18(19)28-26(29)35-23/h3-10,13-15H,11-12H2,1-2H3. The summed E-state index contributed by atoms with van der Waals surface area (Å²) in [5.41, 5.74) is 2.18. The molecule has 35 heavy (non-hydrogen) atoms. The van der Waals surface area contributed by atoms with E-state index < -0.39 is 0 Å². The molecule has 0 amide bonds. The Hall–Kier alpha value is -3.75. The van der Waals surface area contributed by atoms with Gasteiger partial charge in [-0.1, -0.05) is 47.2 Å². The first-order chi connectivity index (χ1) is 17.1. The highest BCUT2D eigenvalue weighted by atomic mass is 35.5. The minimum Gasteiger partial charge on any atom is -0.493 e. The van der Waals surface area contributed by atoms with Gasteiger partial charge in [0, 0.05) is 0 Å². The van der Waals surface area contributed by atoms with Gasteiger partial charge in [-0.05, 0) is 48.0 Å². The smallest absolute Gasteiger partial charge is 0.274 e. The molecular formula is C26H21ClN2O5S. The summed E-state index contributed by atoms with van der Waals surface area (Å²) in [7, 11) is 3.13. The number of hydrogen-bond donors (Lipinski definition) is 0. The molecule has 0 fully saturated rings. The number of para-hydroxylation sites is 4. The van der Waals surface area contributed by atoms with Crippen LogP contribution in [0.3, 0.4) is 0 Å². The summed E-state index contributed by atoms with van der Waals surface area (Å²) in [4.78, 5) is 18.2. The highest BCUT2D eigenvalue weighted by Gasteiger charge is 2.14. The van der Waals surface area contributed by atoms with Crippen LogP contribution < -0.4 is 29.0 Å². The molecule has 2 aromatic heterocycles. The predicted molar refractivity (Wildman–Crippen MR) is 138 cm³/mol. The van der Waals surface area contributed by atoms with Crippen molar-refractivity contribution in [1.29, 1.82) is 0 Å². The van der Waals surface area contributed by atoms with Crippen molar-refractivity contribution in [2.75, 3.05) is 27.4 Å². The van der Waals surface area contributed by atoms with Crippen molar-refractivity contribution in [3.05, 3.63) is 86.1 Å². The zero-order valence-corrected chi connectivity index (χ0v) is 20.6. The molecule has 3 aromatic carbocycles. The Kier molecular flexibility index (Phi) is 6.48. The summed E-state index contributed by atoms with van der Waals surface area (Å²) >= 11 is 7.85. The maximum Gasteiger partial charge on any atom is 0.274 e. The van der Waals surface area contributed by atoms with Gasteiger partial charge in [-0.25, -0.2) is 9.38 Å². The molecular weight excluding hydrogens is 488 g/mol. The molecule has 0 saturated carbocycles. The third-order valence-corrected chi connectivity index (χ3v) is 6.60. The number of methoxy groups -OCH3 is 2. The Labute approximate surface area is 209 Å². The van der Waals surface area contributed by atoms with Crippen LogP contribution in [0.15, 0.2) is 65.5 Å². The summed E-state index contributed by atoms with van der Waals surface area (Å²) < 4.78 is 24.6. The van der Waals surface area contributed by atoms with E-state index in [0.29, 0.717) is 37.5 Å². The predicted octanol–water partition coefficient (Wildman–Crippen LogP) is 4.59. The van der Waals surface area contributed by atoms with E-state index in [-0.39, 0.29) is 18.8 Å². The Morgan fingerprint density at radius 1 is 0.943 bits per heavy atom. The van der Waals surface area contributed by atoms with Crippen molar-refractivity contribution in [3.8, 4) is 23.0 Å². The molecule has 2 heterocycles. The molecule has 0 bridgehead atoms. The third-order valence-electron chi connectivity index (χ3n) is 5.35. The quantitative estimate of drug-likeness (QED) is 0.286. The molecule has 0 N–H and O–H groups in total. The Morgan fingerprint density at radius 3 is 2.46 bits per heavy atom. The maximum atomic E-state index is 13.0. The average Bonchev–Trinajstić information content (AvgIpc) is 3.38. The van der Waals surface area contributed by atoms with Crippen molar-refractivity contribution in [3.63, 3.8) is 0 Å². The van der Waals surface area contributed by atoms with E-state index in [9.17, 15) is 4.79 Å².